The molecule has 0 radical (unpaired) electrons. The van der Waals surface area contributed by atoms with Crippen molar-refractivity contribution in [2.24, 2.45) is 17.8 Å². The highest BCUT2D eigenvalue weighted by atomic mass is 16.3. The molecule has 1 saturated carbocycles. The predicted molar refractivity (Wildman–Crippen MR) is 75.6 cm³/mol. The van der Waals surface area contributed by atoms with E-state index in [4.69, 9.17) is 0 Å². The van der Waals surface area contributed by atoms with Gasteiger partial charge < -0.3 is 15.3 Å². The lowest BCUT2D eigenvalue weighted by Crippen LogP contribution is -2.50. The highest BCUT2D eigenvalue weighted by Gasteiger charge is 2.34. The molecule has 1 aliphatic carbocycles. The van der Waals surface area contributed by atoms with Crippen molar-refractivity contribution in [2.45, 2.75) is 51.7 Å². The molecule has 2 N–H and O–H groups in total. The molecule has 0 aromatic heterocycles. The molecule has 2 aliphatic rings. The monoisotopic (exact) mass is 254 g/mol. The molecule has 1 aliphatic heterocycles. The summed E-state index contributed by atoms with van der Waals surface area (Å²) in [6.07, 6.45) is 4.72. The normalized spacial score (nSPS) is 43.0. The third-order valence-electron chi connectivity index (χ3n) is 5.00. The van der Waals surface area contributed by atoms with Crippen LogP contribution in [0.2, 0.25) is 0 Å². The molecule has 1 saturated heterocycles. The lowest BCUT2D eigenvalue weighted by molar-refractivity contribution is 0.0386. The van der Waals surface area contributed by atoms with Gasteiger partial charge in [0.15, 0.2) is 0 Å². The first-order valence-electron chi connectivity index (χ1n) is 7.67. The molecule has 2 fully saturated rings. The predicted octanol–water partition coefficient (Wildman–Crippen LogP) is 1.71. The molecular formula is C15H30N2O. The van der Waals surface area contributed by atoms with E-state index in [1.165, 1.54) is 19.4 Å². The van der Waals surface area contributed by atoms with Crippen LogP contribution in [-0.4, -0.2) is 48.8 Å². The molecule has 5 unspecified atom stereocenters. The van der Waals surface area contributed by atoms with Gasteiger partial charge in [-0.3, -0.25) is 0 Å². The van der Waals surface area contributed by atoms with E-state index in [0.717, 1.165) is 43.7 Å². The highest BCUT2D eigenvalue weighted by Crippen LogP contribution is 2.34. The number of hydrogen-bond donors (Lipinski definition) is 2. The Kier molecular flexibility index (Phi) is 5.05. The van der Waals surface area contributed by atoms with Gasteiger partial charge in [0, 0.05) is 19.1 Å². The van der Waals surface area contributed by atoms with Gasteiger partial charge >= 0.3 is 0 Å². The van der Waals surface area contributed by atoms with E-state index in [-0.39, 0.29) is 6.10 Å². The molecule has 3 nitrogen and oxygen atoms in total. The number of β-amino-alcohol motifs (C(OH)–C–C–N with tert-alkyl or cyclic N) is 1. The van der Waals surface area contributed by atoms with Crippen molar-refractivity contribution in [2.75, 3.05) is 26.7 Å². The van der Waals surface area contributed by atoms with Gasteiger partial charge in [0.1, 0.15) is 0 Å². The Morgan fingerprint density at radius 3 is 2.72 bits per heavy atom. The lowest BCUT2D eigenvalue weighted by Gasteiger charge is -2.43. The van der Waals surface area contributed by atoms with E-state index in [9.17, 15) is 5.11 Å². The van der Waals surface area contributed by atoms with Gasteiger partial charge in [-0.15, -0.1) is 0 Å². The minimum Gasteiger partial charge on any atom is -0.392 e. The van der Waals surface area contributed by atoms with Gasteiger partial charge in [0.25, 0.3) is 0 Å². The topological polar surface area (TPSA) is 35.5 Å². The zero-order valence-electron chi connectivity index (χ0n) is 12.2. The van der Waals surface area contributed by atoms with E-state index in [2.05, 4.69) is 31.1 Å². The molecular weight excluding hydrogens is 224 g/mol. The number of piperidine rings is 1. The number of hydrogen-bond acceptors (Lipinski definition) is 3. The van der Waals surface area contributed by atoms with Crippen molar-refractivity contribution >= 4 is 0 Å². The van der Waals surface area contributed by atoms with Crippen LogP contribution in [-0.2, 0) is 0 Å². The summed E-state index contributed by atoms with van der Waals surface area (Å²) in [5.41, 5.74) is 0. The molecule has 2 rings (SSSR count). The summed E-state index contributed by atoms with van der Waals surface area (Å²) in [4.78, 5) is 2.48. The van der Waals surface area contributed by atoms with Crippen LogP contribution in [0.4, 0.5) is 0 Å². The van der Waals surface area contributed by atoms with Crippen LogP contribution in [0, 0.1) is 17.8 Å². The fraction of sp³-hybridized carbons (Fsp3) is 1.00. The van der Waals surface area contributed by atoms with Crippen molar-refractivity contribution in [1.82, 2.24) is 10.2 Å². The summed E-state index contributed by atoms with van der Waals surface area (Å²) < 4.78 is 0. The molecule has 0 aromatic rings. The average molecular weight is 254 g/mol. The van der Waals surface area contributed by atoms with Crippen LogP contribution in [0.3, 0.4) is 0 Å². The van der Waals surface area contributed by atoms with Crippen LogP contribution < -0.4 is 5.32 Å². The van der Waals surface area contributed by atoms with Crippen LogP contribution in [0.15, 0.2) is 0 Å². The van der Waals surface area contributed by atoms with Gasteiger partial charge in [0.2, 0.25) is 0 Å². The molecule has 3 heteroatoms. The SMILES string of the molecule is CNC1CC(C)CC(C)C1CN1CCCC(O)C1. The van der Waals surface area contributed by atoms with Crippen LogP contribution in [0.25, 0.3) is 0 Å². The zero-order valence-corrected chi connectivity index (χ0v) is 12.2. The van der Waals surface area contributed by atoms with E-state index < -0.39 is 0 Å². The number of nitrogens with zero attached hydrogens (tertiary/aromatic N) is 1. The summed E-state index contributed by atoms with van der Waals surface area (Å²) in [6, 6.07) is 0.655. The second-order valence-electron chi connectivity index (χ2n) is 6.67. The van der Waals surface area contributed by atoms with Crippen LogP contribution in [0.1, 0.15) is 39.5 Å². The number of likely N-dealkylation sites (tertiary alicyclic amines) is 1. The van der Waals surface area contributed by atoms with Crippen LogP contribution >= 0.6 is 0 Å². The molecule has 5 atom stereocenters. The second kappa shape index (κ2) is 6.36. The Morgan fingerprint density at radius 1 is 1.28 bits per heavy atom. The van der Waals surface area contributed by atoms with Crippen molar-refractivity contribution in [3.8, 4) is 0 Å². The summed E-state index contributed by atoms with van der Waals surface area (Å²) >= 11 is 0. The van der Waals surface area contributed by atoms with E-state index in [0.29, 0.717) is 6.04 Å². The third-order valence-corrected chi connectivity index (χ3v) is 5.00. The average Bonchev–Trinajstić information content (AvgIpc) is 2.32. The van der Waals surface area contributed by atoms with E-state index in [1.807, 2.05) is 0 Å². The Bertz CT molecular complexity index is 259. The maximum atomic E-state index is 9.78. The van der Waals surface area contributed by atoms with Gasteiger partial charge in [-0.1, -0.05) is 13.8 Å². The number of aliphatic hydroxyl groups excluding tert-OH is 1. The Hall–Kier alpha value is -0.120. The van der Waals surface area contributed by atoms with Gasteiger partial charge in [0.05, 0.1) is 6.10 Å². The van der Waals surface area contributed by atoms with Gasteiger partial charge in [-0.05, 0) is 57.0 Å². The Morgan fingerprint density at radius 2 is 2.06 bits per heavy atom. The maximum absolute atomic E-state index is 9.78. The highest BCUT2D eigenvalue weighted by molar-refractivity contribution is 4.89. The Labute approximate surface area is 112 Å². The van der Waals surface area contributed by atoms with Gasteiger partial charge in [-0.25, -0.2) is 0 Å². The molecule has 1 heterocycles. The first-order chi connectivity index (χ1) is 8.60. The molecule has 0 bridgehead atoms. The summed E-state index contributed by atoms with van der Waals surface area (Å²) in [5.74, 6) is 2.39. The summed E-state index contributed by atoms with van der Waals surface area (Å²) in [5, 5.41) is 13.3. The van der Waals surface area contributed by atoms with Crippen molar-refractivity contribution < 1.29 is 5.11 Å². The number of aliphatic hydroxyl groups is 1. The van der Waals surface area contributed by atoms with Crippen LogP contribution in [0.5, 0.6) is 0 Å². The molecule has 0 spiro atoms. The molecule has 0 aromatic carbocycles. The molecule has 0 amide bonds. The van der Waals surface area contributed by atoms with E-state index >= 15 is 0 Å². The first-order valence-corrected chi connectivity index (χ1v) is 7.67. The first kappa shape index (κ1) is 14.3. The lowest BCUT2D eigenvalue weighted by atomic mass is 9.72. The minimum absolute atomic E-state index is 0.0930. The maximum Gasteiger partial charge on any atom is 0.0667 e. The fourth-order valence-corrected chi connectivity index (χ4v) is 4.04. The number of nitrogens with one attached hydrogen (secondary N) is 1. The van der Waals surface area contributed by atoms with Crippen molar-refractivity contribution in [3.63, 3.8) is 0 Å². The fourth-order valence-electron chi connectivity index (χ4n) is 4.04. The second-order valence-corrected chi connectivity index (χ2v) is 6.67. The van der Waals surface area contributed by atoms with Crippen molar-refractivity contribution in [1.29, 1.82) is 0 Å². The minimum atomic E-state index is -0.0930. The number of rotatable bonds is 3. The summed E-state index contributed by atoms with van der Waals surface area (Å²) in [6.45, 7) is 8.00. The van der Waals surface area contributed by atoms with Crippen molar-refractivity contribution in [3.05, 3.63) is 0 Å². The summed E-state index contributed by atoms with van der Waals surface area (Å²) in [7, 11) is 2.10. The zero-order chi connectivity index (χ0) is 13.1. The largest absolute Gasteiger partial charge is 0.392 e. The molecule has 18 heavy (non-hydrogen) atoms. The standard InChI is InChI=1S/C15H30N2O/c1-11-7-12(2)14(15(8-11)16-3)10-17-6-4-5-13(18)9-17/h11-16,18H,4-10H2,1-3H3. The van der Waals surface area contributed by atoms with E-state index in [1.54, 1.807) is 0 Å². The quantitative estimate of drug-likeness (QED) is 0.805. The molecule has 106 valence electrons. The van der Waals surface area contributed by atoms with Gasteiger partial charge in [-0.2, -0.15) is 0 Å². The Balaban J connectivity index is 1.92. The smallest absolute Gasteiger partial charge is 0.0667 e. The third kappa shape index (κ3) is 3.46.